The summed E-state index contributed by atoms with van der Waals surface area (Å²) in [6, 6.07) is 0.340. The van der Waals surface area contributed by atoms with Crippen molar-refractivity contribution in [1.29, 1.82) is 0 Å². The molecular formula is C12H17ClN4O. The smallest absolute Gasteiger partial charge is 0.285 e. The molecule has 0 aromatic carbocycles. The monoisotopic (exact) mass is 268 g/mol. The van der Waals surface area contributed by atoms with Crippen LogP contribution in [0.1, 0.15) is 12.8 Å². The first-order valence-corrected chi connectivity index (χ1v) is 6.41. The first-order valence-electron chi connectivity index (χ1n) is 6.03. The van der Waals surface area contributed by atoms with E-state index in [2.05, 4.69) is 27.0 Å². The minimum atomic E-state index is -0.356. The van der Waals surface area contributed by atoms with Crippen LogP contribution in [0.25, 0.3) is 0 Å². The summed E-state index contributed by atoms with van der Waals surface area (Å²) in [7, 11) is 0. The SMILES string of the molecule is C=CCN1CCC(Nc2cn[nH]c(=O)c2Cl)CC1. The maximum atomic E-state index is 11.3. The molecule has 0 unspecified atom stereocenters. The van der Waals surface area contributed by atoms with E-state index in [1.165, 1.54) is 0 Å². The third-order valence-corrected chi connectivity index (χ3v) is 3.51. The fourth-order valence-corrected chi connectivity index (χ4v) is 2.29. The Balaban J connectivity index is 1.93. The highest BCUT2D eigenvalue weighted by atomic mass is 35.5. The van der Waals surface area contributed by atoms with Crippen molar-refractivity contribution in [3.05, 3.63) is 34.2 Å². The molecule has 0 radical (unpaired) electrons. The van der Waals surface area contributed by atoms with Crippen molar-refractivity contribution in [2.45, 2.75) is 18.9 Å². The largest absolute Gasteiger partial charge is 0.380 e. The number of halogens is 1. The third kappa shape index (κ3) is 3.11. The standard InChI is InChI=1S/C12H17ClN4O/c1-2-5-17-6-3-9(4-7-17)15-10-8-14-16-12(18)11(10)13/h2,8-9H,1,3-7H2,(H2,15,16,18). The van der Waals surface area contributed by atoms with Gasteiger partial charge in [-0.2, -0.15) is 5.10 Å². The van der Waals surface area contributed by atoms with Crippen molar-refractivity contribution in [2.75, 3.05) is 25.0 Å². The second-order valence-electron chi connectivity index (χ2n) is 4.43. The van der Waals surface area contributed by atoms with E-state index in [0.717, 1.165) is 32.5 Å². The van der Waals surface area contributed by atoms with Crippen LogP contribution in [0.2, 0.25) is 5.02 Å². The van der Waals surface area contributed by atoms with E-state index in [4.69, 9.17) is 11.6 Å². The topological polar surface area (TPSA) is 61.0 Å². The van der Waals surface area contributed by atoms with Crippen molar-refractivity contribution >= 4 is 17.3 Å². The molecule has 0 amide bonds. The van der Waals surface area contributed by atoms with Gasteiger partial charge in [0.15, 0.2) is 0 Å². The Labute approximate surface area is 111 Å². The summed E-state index contributed by atoms with van der Waals surface area (Å²) in [4.78, 5) is 13.7. The Morgan fingerprint density at radius 1 is 1.61 bits per heavy atom. The molecule has 1 aliphatic heterocycles. The van der Waals surface area contributed by atoms with Crippen molar-refractivity contribution in [2.24, 2.45) is 0 Å². The molecular weight excluding hydrogens is 252 g/mol. The summed E-state index contributed by atoms with van der Waals surface area (Å²) in [5, 5.41) is 9.52. The number of anilines is 1. The van der Waals surface area contributed by atoms with Crippen LogP contribution >= 0.6 is 11.6 Å². The molecule has 0 atom stereocenters. The van der Waals surface area contributed by atoms with E-state index in [9.17, 15) is 4.79 Å². The zero-order valence-corrected chi connectivity index (χ0v) is 10.9. The van der Waals surface area contributed by atoms with Crippen molar-refractivity contribution in [1.82, 2.24) is 15.1 Å². The number of likely N-dealkylation sites (tertiary alicyclic amines) is 1. The lowest BCUT2D eigenvalue weighted by Gasteiger charge is -2.32. The van der Waals surface area contributed by atoms with Crippen LogP contribution in [-0.4, -0.2) is 40.8 Å². The highest BCUT2D eigenvalue weighted by molar-refractivity contribution is 6.32. The average molecular weight is 269 g/mol. The molecule has 1 fully saturated rings. The number of aromatic amines is 1. The van der Waals surface area contributed by atoms with E-state index in [0.29, 0.717) is 11.7 Å². The second-order valence-corrected chi connectivity index (χ2v) is 4.81. The Morgan fingerprint density at radius 3 is 3.00 bits per heavy atom. The van der Waals surface area contributed by atoms with Gasteiger partial charge in [0.1, 0.15) is 5.02 Å². The molecule has 98 valence electrons. The van der Waals surface area contributed by atoms with Crippen LogP contribution in [0.15, 0.2) is 23.6 Å². The molecule has 2 rings (SSSR count). The van der Waals surface area contributed by atoms with Gasteiger partial charge >= 0.3 is 0 Å². The summed E-state index contributed by atoms with van der Waals surface area (Å²) in [6.07, 6.45) is 5.53. The normalized spacial score (nSPS) is 17.6. The van der Waals surface area contributed by atoms with Crippen molar-refractivity contribution in [3.8, 4) is 0 Å². The van der Waals surface area contributed by atoms with Crippen LogP contribution in [0.5, 0.6) is 0 Å². The highest BCUT2D eigenvalue weighted by Crippen LogP contribution is 2.20. The van der Waals surface area contributed by atoms with Crippen molar-refractivity contribution in [3.63, 3.8) is 0 Å². The number of aromatic nitrogens is 2. The van der Waals surface area contributed by atoms with Crippen LogP contribution in [0, 0.1) is 0 Å². The number of nitrogens with zero attached hydrogens (tertiary/aromatic N) is 2. The predicted molar refractivity (Wildman–Crippen MR) is 73.1 cm³/mol. The quantitative estimate of drug-likeness (QED) is 0.812. The van der Waals surface area contributed by atoms with Crippen LogP contribution in [-0.2, 0) is 0 Å². The molecule has 1 aromatic heterocycles. The lowest BCUT2D eigenvalue weighted by Crippen LogP contribution is -2.39. The molecule has 0 spiro atoms. The Kier molecular flexibility index (Phi) is 4.38. The van der Waals surface area contributed by atoms with Gasteiger partial charge < -0.3 is 5.32 Å². The molecule has 0 aliphatic carbocycles. The molecule has 2 N–H and O–H groups in total. The van der Waals surface area contributed by atoms with Gasteiger partial charge in [-0.1, -0.05) is 17.7 Å². The average Bonchev–Trinajstić information content (AvgIpc) is 2.38. The molecule has 0 bridgehead atoms. The van der Waals surface area contributed by atoms with Gasteiger partial charge in [-0.05, 0) is 12.8 Å². The molecule has 6 heteroatoms. The lowest BCUT2D eigenvalue weighted by atomic mass is 10.0. The van der Waals surface area contributed by atoms with E-state index in [1.807, 2.05) is 6.08 Å². The zero-order chi connectivity index (χ0) is 13.0. The first-order chi connectivity index (χ1) is 8.70. The fraction of sp³-hybridized carbons (Fsp3) is 0.500. The van der Waals surface area contributed by atoms with Gasteiger partial charge in [0, 0.05) is 25.7 Å². The van der Waals surface area contributed by atoms with Gasteiger partial charge in [-0.3, -0.25) is 9.69 Å². The molecule has 5 nitrogen and oxygen atoms in total. The third-order valence-electron chi connectivity index (χ3n) is 3.13. The number of nitrogens with one attached hydrogen (secondary N) is 2. The van der Waals surface area contributed by atoms with Gasteiger partial charge in [-0.25, -0.2) is 5.10 Å². The Morgan fingerprint density at radius 2 is 2.33 bits per heavy atom. The second kappa shape index (κ2) is 6.02. The number of piperidine rings is 1. The van der Waals surface area contributed by atoms with Gasteiger partial charge in [-0.15, -0.1) is 6.58 Å². The maximum Gasteiger partial charge on any atom is 0.285 e. The molecule has 0 saturated carbocycles. The zero-order valence-electron chi connectivity index (χ0n) is 10.2. The van der Waals surface area contributed by atoms with E-state index < -0.39 is 0 Å². The highest BCUT2D eigenvalue weighted by Gasteiger charge is 2.19. The van der Waals surface area contributed by atoms with E-state index >= 15 is 0 Å². The van der Waals surface area contributed by atoms with E-state index in [-0.39, 0.29) is 10.6 Å². The number of rotatable bonds is 4. The number of hydrogen-bond donors (Lipinski definition) is 2. The van der Waals surface area contributed by atoms with Crippen LogP contribution in [0.3, 0.4) is 0 Å². The molecule has 2 heterocycles. The predicted octanol–water partition coefficient (Wildman–Crippen LogP) is 1.49. The van der Waals surface area contributed by atoms with Gasteiger partial charge in [0.05, 0.1) is 11.9 Å². The minimum Gasteiger partial charge on any atom is -0.380 e. The summed E-state index contributed by atoms with van der Waals surface area (Å²) in [6.45, 7) is 6.72. The maximum absolute atomic E-state index is 11.3. The summed E-state index contributed by atoms with van der Waals surface area (Å²) >= 11 is 5.92. The minimum absolute atomic E-state index is 0.179. The number of H-pyrrole nitrogens is 1. The summed E-state index contributed by atoms with van der Waals surface area (Å²) in [5.74, 6) is 0. The molecule has 1 saturated heterocycles. The van der Waals surface area contributed by atoms with Gasteiger partial charge in [0.2, 0.25) is 0 Å². The fourth-order valence-electron chi connectivity index (χ4n) is 2.15. The molecule has 1 aliphatic rings. The van der Waals surface area contributed by atoms with Crippen molar-refractivity contribution < 1.29 is 0 Å². The molecule has 1 aromatic rings. The lowest BCUT2D eigenvalue weighted by molar-refractivity contribution is 0.240. The summed E-state index contributed by atoms with van der Waals surface area (Å²) < 4.78 is 0. The van der Waals surface area contributed by atoms with E-state index in [1.54, 1.807) is 6.20 Å². The Bertz CT molecular complexity index is 465. The Hall–Kier alpha value is -1.33. The van der Waals surface area contributed by atoms with Crippen LogP contribution in [0.4, 0.5) is 5.69 Å². The molecule has 18 heavy (non-hydrogen) atoms. The number of hydrogen-bond acceptors (Lipinski definition) is 4. The summed E-state index contributed by atoms with van der Waals surface area (Å²) in [5.41, 5.74) is 0.258. The first kappa shape index (κ1) is 13.1. The van der Waals surface area contributed by atoms with Gasteiger partial charge in [0.25, 0.3) is 5.56 Å². The van der Waals surface area contributed by atoms with Crippen LogP contribution < -0.4 is 10.9 Å².